The van der Waals surface area contributed by atoms with Crippen LogP contribution in [0.2, 0.25) is 0 Å². The summed E-state index contributed by atoms with van der Waals surface area (Å²) in [6, 6.07) is 9.12. The van der Waals surface area contributed by atoms with Gasteiger partial charge in [-0.2, -0.15) is 0 Å². The minimum Gasteiger partial charge on any atom is -0.463 e. The van der Waals surface area contributed by atoms with E-state index in [9.17, 15) is 9.59 Å². The average Bonchev–Trinajstić information content (AvgIpc) is 2.74. The van der Waals surface area contributed by atoms with Gasteiger partial charge >= 0.3 is 11.9 Å². The molecule has 0 saturated heterocycles. The Morgan fingerprint density at radius 3 is 2.31 bits per heavy atom. The molecule has 1 aliphatic heterocycles. The van der Waals surface area contributed by atoms with Crippen LogP contribution in [0.3, 0.4) is 0 Å². The number of ether oxygens (including phenoxy) is 2. The van der Waals surface area contributed by atoms with Crippen LogP contribution in [0.15, 0.2) is 65.8 Å². The van der Waals surface area contributed by atoms with Crippen LogP contribution in [0.5, 0.6) is 0 Å². The summed E-state index contributed by atoms with van der Waals surface area (Å²) in [7, 11) is 0. The Balaban J connectivity index is 2.26. The minimum absolute atomic E-state index is 0.108. The third-order valence-electron chi connectivity index (χ3n) is 4.49. The topological polar surface area (TPSA) is 81.6 Å². The maximum Gasteiger partial charge on any atom is 0.336 e. The molecule has 0 unspecified atom stereocenters. The molecule has 0 N–H and O–H groups in total. The smallest absolute Gasteiger partial charge is 0.336 e. The highest BCUT2D eigenvalue weighted by atomic mass is 16.5. The lowest BCUT2D eigenvalue weighted by atomic mass is 9.93. The molecule has 0 spiro atoms. The fourth-order valence-corrected chi connectivity index (χ4v) is 3.23. The summed E-state index contributed by atoms with van der Waals surface area (Å²) in [6.45, 7) is 5.78. The first kappa shape index (κ1) is 20.3. The highest BCUT2D eigenvalue weighted by Gasteiger charge is 2.35. The van der Waals surface area contributed by atoms with E-state index in [0.717, 1.165) is 5.56 Å². The van der Waals surface area contributed by atoms with E-state index in [0.29, 0.717) is 28.4 Å². The molecule has 0 bridgehead atoms. The van der Waals surface area contributed by atoms with E-state index < -0.39 is 11.9 Å². The average molecular weight is 393 g/mol. The van der Waals surface area contributed by atoms with Gasteiger partial charge in [0.1, 0.15) is 5.82 Å². The third kappa shape index (κ3) is 4.18. The van der Waals surface area contributed by atoms with Crippen LogP contribution >= 0.6 is 0 Å². The summed E-state index contributed by atoms with van der Waals surface area (Å²) in [4.78, 5) is 35.9. The summed E-state index contributed by atoms with van der Waals surface area (Å²) in [5.74, 6) is -0.369. The number of pyridine rings is 2. The summed E-state index contributed by atoms with van der Waals surface area (Å²) in [5.41, 5.74) is 2.73. The second-order valence-electron chi connectivity index (χ2n) is 6.27. The number of rotatable bonds is 6. The molecule has 3 heterocycles. The molecule has 2 aromatic rings. The van der Waals surface area contributed by atoms with Gasteiger partial charge < -0.3 is 9.47 Å². The lowest BCUT2D eigenvalue weighted by Gasteiger charge is -2.34. The molecule has 3 rings (SSSR count). The Morgan fingerprint density at radius 1 is 1.00 bits per heavy atom. The monoisotopic (exact) mass is 393 g/mol. The predicted octanol–water partition coefficient (Wildman–Crippen LogP) is 3.50. The van der Waals surface area contributed by atoms with Crippen molar-refractivity contribution >= 4 is 23.5 Å². The van der Waals surface area contributed by atoms with Crippen LogP contribution in [-0.4, -0.2) is 35.1 Å². The molecule has 0 radical (unpaired) electrons. The summed E-state index contributed by atoms with van der Waals surface area (Å²) in [6.07, 6.45) is 5.10. The SMILES string of the molecule is CCOC(=O)C1=C(C)N(c2ccccn2)C(c2cccnc2)=C(C(=O)OCC)C1. The van der Waals surface area contributed by atoms with Crippen LogP contribution in [0.1, 0.15) is 32.8 Å². The molecule has 150 valence electrons. The molecule has 7 heteroatoms. The molecule has 0 aliphatic carbocycles. The summed E-state index contributed by atoms with van der Waals surface area (Å²) >= 11 is 0. The Kier molecular flexibility index (Phi) is 6.39. The van der Waals surface area contributed by atoms with Crippen molar-refractivity contribution in [2.24, 2.45) is 0 Å². The lowest BCUT2D eigenvalue weighted by molar-refractivity contribution is -0.139. The molecule has 2 aromatic heterocycles. The lowest BCUT2D eigenvalue weighted by Crippen LogP contribution is -2.32. The zero-order valence-electron chi connectivity index (χ0n) is 16.7. The molecular formula is C22H23N3O4. The van der Waals surface area contributed by atoms with Crippen LogP contribution in [-0.2, 0) is 19.1 Å². The van der Waals surface area contributed by atoms with Crippen LogP contribution in [0.25, 0.3) is 5.70 Å². The highest BCUT2D eigenvalue weighted by molar-refractivity contribution is 6.06. The summed E-state index contributed by atoms with van der Waals surface area (Å²) in [5, 5.41) is 0. The zero-order valence-corrected chi connectivity index (χ0v) is 16.7. The predicted molar refractivity (Wildman–Crippen MR) is 108 cm³/mol. The standard InChI is InChI=1S/C22H23N3O4/c1-4-28-21(26)17-13-18(22(27)29-5-2)20(16-9-8-11-23-14-16)25(15(17)3)19-10-6-7-12-24-19/h6-12,14H,4-5,13H2,1-3H3. The van der Waals surface area contributed by atoms with Gasteiger partial charge in [-0.1, -0.05) is 6.07 Å². The summed E-state index contributed by atoms with van der Waals surface area (Å²) < 4.78 is 10.5. The number of hydrogen-bond acceptors (Lipinski definition) is 7. The van der Waals surface area contributed by atoms with Gasteiger partial charge in [-0.3, -0.25) is 9.88 Å². The Morgan fingerprint density at radius 2 is 1.72 bits per heavy atom. The second-order valence-corrected chi connectivity index (χ2v) is 6.27. The van der Waals surface area contributed by atoms with Gasteiger partial charge in [0.2, 0.25) is 0 Å². The van der Waals surface area contributed by atoms with Crippen molar-refractivity contribution in [2.45, 2.75) is 27.2 Å². The van der Waals surface area contributed by atoms with E-state index in [2.05, 4.69) is 9.97 Å². The maximum absolute atomic E-state index is 12.9. The normalized spacial score (nSPS) is 14.1. The number of aromatic nitrogens is 2. The number of carbonyl (C=O) groups excluding carboxylic acids is 2. The maximum atomic E-state index is 12.9. The first-order valence-electron chi connectivity index (χ1n) is 9.47. The molecule has 29 heavy (non-hydrogen) atoms. The number of nitrogens with zero attached hydrogens (tertiary/aromatic N) is 3. The van der Waals surface area contributed by atoms with E-state index in [4.69, 9.17) is 9.47 Å². The first-order valence-corrected chi connectivity index (χ1v) is 9.47. The zero-order chi connectivity index (χ0) is 20.8. The van der Waals surface area contributed by atoms with Crippen molar-refractivity contribution in [1.82, 2.24) is 9.97 Å². The van der Waals surface area contributed by atoms with E-state index in [1.807, 2.05) is 25.1 Å². The molecule has 0 atom stereocenters. The van der Waals surface area contributed by atoms with Gasteiger partial charge in [-0.05, 0) is 45.0 Å². The van der Waals surface area contributed by atoms with Gasteiger partial charge in [0.15, 0.2) is 0 Å². The Bertz CT molecular complexity index is 953. The number of hydrogen-bond donors (Lipinski definition) is 0. The molecule has 0 aromatic carbocycles. The number of anilines is 1. The molecule has 7 nitrogen and oxygen atoms in total. The second kappa shape index (κ2) is 9.14. The van der Waals surface area contributed by atoms with E-state index >= 15 is 0 Å². The van der Waals surface area contributed by atoms with E-state index in [1.165, 1.54) is 0 Å². The largest absolute Gasteiger partial charge is 0.463 e. The molecule has 0 amide bonds. The van der Waals surface area contributed by atoms with Gasteiger partial charge in [0, 0.05) is 36.3 Å². The third-order valence-corrected chi connectivity index (χ3v) is 4.49. The van der Waals surface area contributed by atoms with Gasteiger partial charge in [0.05, 0.1) is 30.1 Å². The quantitative estimate of drug-likeness (QED) is 0.695. The van der Waals surface area contributed by atoms with E-state index in [-0.39, 0.29) is 19.6 Å². The van der Waals surface area contributed by atoms with Crippen molar-refractivity contribution < 1.29 is 19.1 Å². The van der Waals surface area contributed by atoms with Crippen LogP contribution < -0.4 is 4.90 Å². The van der Waals surface area contributed by atoms with E-state index in [1.54, 1.807) is 49.5 Å². The van der Waals surface area contributed by atoms with Gasteiger partial charge in [0.25, 0.3) is 0 Å². The molecule has 1 aliphatic rings. The Labute approximate surface area is 169 Å². The first-order chi connectivity index (χ1) is 14.1. The fraction of sp³-hybridized carbons (Fsp3) is 0.273. The number of esters is 2. The fourth-order valence-electron chi connectivity index (χ4n) is 3.23. The molecule has 0 fully saturated rings. The molecular weight excluding hydrogens is 370 g/mol. The minimum atomic E-state index is -0.485. The number of carbonyl (C=O) groups is 2. The van der Waals surface area contributed by atoms with Crippen LogP contribution in [0, 0.1) is 0 Å². The van der Waals surface area contributed by atoms with Crippen molar-refractivity contribution in [2.75, 3.05) is 18.1 Å². The van der Waals surface area contributed by atoms with Crippen molar-refractivity contribution in [1.29, 1.82) is 0 Å². The van der Waals surface area contributed by atoms with Crippen molar-refractivity contribution in [3.63, 3.8) is 0 Å². The highest BCUT2D eigenvalue weighted by Crippen LogP contribution is 2.39. The van der Waals surface area contributed by atoms with Gasteiger partial charge in [-0.25, -0.2) is 14.6 Å². The molecule has 0 saturated carbocycles. The number of allylic oxidation sites excluding steroid dienone is 1. The van der Waals surface area contributed by atoms with Crippen molar-refractivity contribution in [3.05, 3.63) is 71.3 Å². The Hall–Kier alpha value is -3.48. The van der Waals surface area contributed by atoms with Crippen molar-refractivity contribution in [3.8, 4) is 0 Å². The van der Waals surface area contributed by atoms with Crippen LogP contribution in [0.4, 0.5) is 5.82 Å². The van der Waals surface area contributed by atoms with Gasteiger partial charge in [-0.15, -0.1) is 0 Å².